The number of ether oxygens (including phenoxy) is 1. The van der Waals surface area contributed by atoms with Gasteiger partial charge < -0.3 is 9.26 Å². The standard InChI is InChI=1S/C24H26N2O2/c1-16-23(17(2)28-25-16)18-9-11-20(12-10-18)27-24-21-8-4-3-7-19(21)15-22(24)26-13-5-6-14-26/h3-4,7-12,22,24H,5-6,13-15H2,1-2H3/t22-,24-/m0/s1. The Balaban J connectivity index is 1.42. The molecule has 144 valence electrons. The summed E-state index contributed by atoms with van der Waals surface area (Å²) < 4.78 is 11.9. The Labute approximate surface area is 166 Å². The second kappa shape index (κ2) is 7.10. The van der Waals surface area contributed by atoms with Gasteiger partial charge in [-0.2, -0.15) is 0 Å². The largest absolute Gasteiger partial charge is 0.484 e. The average Bonchev–Trinajstić information content (AvgIpc) is 3.43. The number of aryl methyl sites for hydroxylation is 2. The summed E-state index contributed by atoms with van der Waals surface area (Å²) in [6, 6.07) is 17.5. The number of fused-ring (bicyclic) bond motifs is 1. The van der Waals surface area contributed by atoms with E-state index in [2.05, 4.69) is 58.6 Å². The van der Waals surface area contributed by atoms with Crippen molar-refractivity contribution < 1.29 is 9.26 Å². The molecule has 5 rings (SSSR count). The van der Waals surface area contributed by atoms with Gasteiger partial charge >= 0.3 is 0 Å². The molecule has 2 heterocycles. The van der Waals surface area contributed by atoms with Gasteiger partial charge in [-0.15, -0.1) is 0 Å². The lowest BCUT2D eigenvalue weighted by atomic mass is 10.0. The number of aromatic nitrogens is 1. The second-order valence-corrected chi connectivity index (χ2v) is 7.98. The zero-order valence-corrected chi connectivity index (χ0v) is 16.5. The molecule has 0 N–H and O–H groups in total. The number of nitrogens with zero attached hydrogens (tertiary/aromatic N) is 2. The first kappa shape index (κ1) is 17.5. The van der Waals surface area contributed by atoms with E-state index in [0.29, 0.717) is 6.04 Å². The van der Waals surface area contributed by atoms with Gasteiger partial charge in [0.25, 0.3) is 0 Å². The van der Waals surface area contributed by atoms with Gasteiger partial charge in [-0.05, 0) is 75.0 Å². The fourth-order valence-corrected chi connectivity index (χ4v) is 4.82. The maximum absolute atomic E-state index is 6.58. The molecule has 0 spiro atoms. The van der Waals surface area contributed by atoms with Gasteiger partial charge in [0, 0.05) is 5.56 Å². The molecule has 2 aromatic carbocycles. The lowest BCUT2D eigenvalue weighted by molar-refractivity contribution is 0.0941. The molecule has 2 aliphatic rings. The number of likely N-dealkylation sites (tertiary alicyclic amines) is 1. The molecule has 0 radical (unpaired) electrons. The van der Waals surface area contributed by atoms with E-state index in [1.54, 1.807) is 0 Å². The minimum Gasteiger partial charge on any atom is -0.484 e. The van der Waals surface area contributed by atoms with Gasteiger partial charge in [-0.3, -0.25) is 4.90 Å². The van der Waals surface area contributed by atoms with Crippen LogP contribution in [0.15, 0.2) is 53.1 Å². The Hall–Kier alpha value is -2.59. The fraction of sp³-hybridized carbons (Fsp3) is 0.375. The molecule has 0 saturated carbocycles. The molecule has 1 aromatic heterocycles. The summed E-state index contributed by atoms with van der Waals surface area (Å²) in [6.45, 7) is 6.30. The monoisotopic (exact) mass is 374 g/mol. The molecule has 1 fully saturated rings. The Kier molecular flexibility index (Phi) is 4.44. The maximum atomic E-state index is 6.58. The first-order valence-electron chi connectivity index (χ1n) is 10.2. The van der Waals surface area contributed by atoms with Crippen LogP contribution in [0.4, 0.5) is 0 Å². The zero-order chi connectivity index (χ0) is 19.1. The van der Waals surface area contributed by atoms with E-state index in [4.69, 9.17) is 9.26 Å². The second-order valence-electron chi connectivity index (χ2n) is 7.98. The third-order valence-corrected chi connectivity index (χ3v) is 6.19. The smallest absolute Gasteiger partial charge is 0.141 e. The third kappa shape index (κ3) is 3.02. The minimum absolute atomic E-state index is 0.0965. The van der Waals surface area contributed by atoms with Crippen molar-refractivity contribution >= 4 is 0 Å². The lowest BCUT2D eigenvalue weighted by Crippen LogP contribution is -2.37. The summed E-state index contributed by atoms with van der Waals surface area (Å²) in [5, 5.41) is 4.07. The molecule has 1 saturated heterocycles. The van der Waals surface area contributed by atoms with Crippen molar-refractivity contribution in [2.24, 2.45) is 0 Å². The van der Waals surface area contributed by atoms with E-state index < -0.39 is 0 Å². The van der Waals surface area contributed by atoms with Crippen LogP contribution in [0.25, 0.3) is 11.1 Å². The molecule has 2 atom stereocenters. The highest BCUT2D eigenvalue weighted by atomic mass is 16.5. The number of hydrogen-bond acceptors (Lipinski definition) is 4. The van der Waals surface area contributed by atoms with Crippen LogP contribution >= 0.6 is 0 Å². The summed E-state index contributed by atoms with van der Waals surface area (Å²) >= 11 is 0. The molecule has 4 nitrogen and oxygen atoms in total. The number of rotatable bonds is 4. The Morgan fingerprint density at radius 3 is 2.46 bits per heavy atom. The molecule has 3 aromatic rings. The maximum Gasteiger partial charge on any atom is 0.141 e. The van der Waals surface area contributed by atoms with Crippen molar-refractivity contribution in [2.75, 3.05) is 13.1 Å². The summed E-state index contributed by atoms with van der Waals surface area (Å²) in [4.78, 5) is 2.61. The zero-order valence-electron chi connectivity index (χ0n) is 16.5. The van der Waals surface area contributed by atoms with E-state index in [0.717, 1.165) is 34.8 Å². The molecular weight excluding hydrogens is 348 g/mol. The quantitative estimate of drug-likeness (QED) is 0.637. The predicted octanol–water partition coefficient (Wildman–Crippen LogP) is 5.10. The van der Waals surface area contributed by atoms with Crippen molar-refractivity contribution in [1.29, 1.82) is 0 Å². The van der Waals surface area contributed by atoms with Crippen molar-refractivity contribution in [2.45, 2.75) is 45.3 Å². The molecule has 1 aliphatic carbocycles. The summed E-state index contributed by atoms with van der Waals surface area (Å²) in [7, 11) is 0. The highest BCUT2D eigenvalue weighted by molar-refractivity contribution is 5.68. The number of benzene rings is 2. The first-order chi connectivity index (χ1) is 13.7. The lowest BCUT2D eigenvalue weighted by Gasteiger charge is -2.30. The van der Waals surface area contributed by atoms with E-state index in [1.165, 1.54) is 37.1 Å². The molecule has 1 aliphatic heterocycles. The van der Waals surface area contributed by atoms with Crippen LogP contribution in [-0.2, 0) is 6.42 Å². The molecule has 28 heavy (non-hydrogen) atoms. The van der Waals surface area contributed by atoms with Crippen LogP contribution in [0.5, 0.6) is 5.75 Å². The summed E-state index contributed by atoms with van der Waals surface area (Å²) in [5.74, 6) is 1.77. The minimum atomic E-state index is 0.0965. The van der Waals surface area contributed by atoms with Gasteiger partial charge in [0.2, 0.25) is 0 Å². The van der Waals surface area contributed by atoms with Crippen LogP contribution in [0.1, 0.15) is 41.5 Å². The molecular formula is C24H26N2O2. The Morgan fingerprint density at radius 2 is 1.75 bits per heavy atom. The Morgan fingerprint density at radius 1 is 1.00 bits per heavy atom. The normalized spacial score (nSPS) is 21.8. The molecule has 0 amide bonds. The first-order valence-corrected chi connectivity index (χ1v) is 10.2. The SMILES string of the molecule is Cc1noc(C)c1-c1ccc(O[C@H]2c3ccccc3C[C@@H]2N2CCCC2)cc1. The van der Waals surface area contributed by atoms with Crippen LogP contribution in [0.3, 0.4) is 0 Å². The average molecular weight is 374 g/mol. The van der Waals surface area contributed by atoms with Crippen molar-refractivity contribution in [1.82, 2.24) is 10.1 Å². The van der Waals surface area contributed by atoms with Gasteiger partial charge in [0.15, 0.2) is 0 Å². The Bertz CT molecular complexity index is 951. The van der Waals surface area contributed by atoms with E-state index >= 15 is 0 Å². The van der Waals surface area contributed by atoms with Crippen molar-refractivity contribution in [3.63, 3.8) is 0 Å². The van der Waals surface area contributed by atoms with Gasteiger partial charge in [-0.25, -0.2) is 0 Å². The highest BCUT2D eigenvalue weighted by Crippen LogP contribution is 2.39. The number of hydrogen-bond donors (Lipinski definition) is 0. The van der Waals surface area contributed by atoms with Gasteiger partial charge in [-0.1, -0.05) is 41.6 Å². The molecule has 0 bridgehead atoms. The van der Waals surface area contributed by atoms with Crippen molar-refractivity contribution in [3.05, 3.63) is 71.1 Å². The van der Waals surface area contributed by atoms with Crippen LogP contribution < -0.4 is 4.74 Å². The van der Waals surface area contributed by atoms with Crippen LogP contribution in [0.2, 0.25) is 0 Å². The van der Waals surface area contributed by atoms with Crippen LogP contribution in [0, 0.1) is 13.8 Å². The fourth-order valence-electron chi connectivity index (χ4n) is 4.82. The highest BCUT2D eigenvalue weighted by Gasteiger charge is 2.38. The van der Waals surface area contributed by atoms with Gasteiger partial charge in [0.05, 0.1) is 11.7 Å². The van der Waals surface area contributed by atoms with Crippen molar-refractivity contribution in [3.8, 4) is 16.9 Å². The van der Waals surface area contributed by atoms with Gasteiger partial charge in [0.1, 0.15) is 17.6 Å². The third-order valence-electron chi connectivity index (χ3n) is 6.19. The predicted molar refractivity (Wildman–Crippen MR) is 110 cm³/mol. The van der Waals surface area contributed by atoms with E-state index in [-0.39, 0.29) is 6.10 Å². The van der Waals surface area contributed by atoms with E-state index in [1.807, 2.05) is 13.8 Å². The van der Waals surface area contributed by atoms with Crippen LogP contribution in [-0.4, -0.2) is 29.2 Å². The topological polar surface area (TPSA) is 38.5 Å². The summed E-state index contributed by atoms with van der Waals surface area (Å²) in [6.07, 6.45) is 3.77. The molecule has 4 heteroatoms. The van der Waals surface area contributed by atoms with E-state index in [9.17, 15) is 0 Å². The molecule has 0 unspecified atom stereocenters. The summed E-state index contributed by atoms with van der Waals surface area (Å²) in [5.41, 5.74) is 5.88.